The Balaban J connectivity index is 1.60. The van der Waals surface area contributed by atoms with Crippen molar-refractivity contribution in [1.82, 2.24) is 4.90 Å². The number of ether oxygens (including phenoxy) is 1. The molecule has 2 fully saturated rings. The number of benzene rings is 1. The van der Waals surface area contributed by atoms with E-state index >= 15 is 0 Å². The third-order valence-electron chi connectivity index (χ3n) is 5.58. The molecule has 4 atom stereocenters. The fourth-order valence-electron chi connectivity index (χ4n) is 3.88. The van der Waals surface area contributed by atoms with Crippen LogP contribution in [0.5, 0.6) is 0 Å². The largest absolute Gasteiger partial charge is 0.451 e. The van der Waals surface area contributed by atoms with Gasteiger partial charge in [-0.15, -0.1) is 0 Å². The summed E-state index contributed by atoms with van der Waals surface area (Å²) in [5.74, 6) is -2.46. The van der Waals surface area contributed by atoms with Crippen LogP contribution in [0.3, 0.4) is 0 Å². The van der Waals surface area contributed by atoms with Crippen molar-refractivity contribution in [2.24, 2.45) is 11.8 Å². The van der Waals surface area contributed by atoms with Gasteiger partial charge >= 0.3 is 5.97 Å². The number of rotatable bonds is 5. The van der Waals surface area contributed by atoms with Gasteiger partial charge in [0.1, 0.15) is 6.04 Å². The van der Waals surface area contributed by atoms with Gasteiger partial charge in [-0.3, -0.25) is 19.3 Å². The number of hydrogen-bond donors (Lipinski definition) is 1. The lowest BCUT2D eigenvalue weighted by atomic mass is 9.81. The molecule has 0 bridgehead atoms. The highest BCUT2D eigenvalue weighted by molar-refractivity contribution is 6.08. The molecule has 1 saturated heterocycles. The molecule has 3 amide bonds. The lowest BCUT2D eigenvalue weighted by Crippen LogP contribution is -2.46. The average molecular weight is 386 g/mol. The van der Waals surface area contributed by atoms with E-state index in [9.17, 15) is 19.2 Å². The Kier molecular flexibility index (Phi) is 5.82. The summed E-state index contributed by atoms with van der Waals surface area (Å²) in [6.07, 6.45) is 2.16. The van der Waals surface area contributed by atoms with Crippen molar-refractivity contribution in [2.75, 3.05) is 5.32 Å². The Labute approximate surface area is 164 Å². The SMILES string of the molecule is Cc1ccc(NC(=O)[C@@H](C)OC(=O)[C@H](C)N2C(=O)[C@H]3CCCC[C@H]3C2=O)cc1. The Morgan fingerprint density at radius 2 is 1.57 bits per heavy atom. The van der Waals surface area contributed by atoms with Crippen molar-refractivity contribution < 1.29 is 23.9 Å². The fraction of sp³-hybridized carbons (Fsp3) is 0.524. The van der Waals surface area contributed by atoms with Crippen LogP contribution in [-0.2, 0) is 23.9 Å². The Hall–Kier alpha value is -2.70. The number of likely N-dealkylation sites (tertiary alicyclic amines) is 1. The van der Waals surface area contributed by atoms with Gasteiger partial charge in [-0.05, 0) is 45.7 Å². The molecule has 2 aliphatic rings. The second-order valence-corrected chi connectivity index (χ2v) is 7.65. The van der Waals surface area contributed by atoms with E-state index in [1.165, 1.54) is 13.8 Å². The van der Waals surface area contributed by atoms with Crippen LogP contribution in [0.2, 0.25) is 0 Å². The maximum atomic E-state index is 12.6. The molecule has 1 N–H and O–H groups in total. The molecular formula is C21H26N2O5. The van der Waals surface area contributed by atoms with E-state index in [0.717, 1.165) is 23.3 Å². The van der Waals surface area contributed by atoms with Gasteiger partial charge in [0.2, 0.25) is 11.8 Å². The highest BCUT2D eigenvalue weighted by Crippen LogP contribution is 2.38. The predicted octanol–water partition coefficient (Wildman–Crippen LogP) is 2.43. The first kappa shape index (κ1) is 20.0. The number of aryl methyl sites for hydroxylation is 1. The van der Waals surface area contributed by atoms with Gasteiger partial charge in [-0.1, -0.05) is 30.5 Å². The molecule has 0 unspecified atom stereocenters. The van der Waals surface area contributed by atoms with Gasteiger partial charge in [-0.25, -0.2) is 4.79 Å². The predicted molar refractivity (Wildman–Crippen MR) is 102 cm³/mol. The number of hydrogen-bond acceptors (Lipinski definition) is 5. The molecular weight excluding hydrogens is 360 g/mol. The molecule has 0 aromatic heterocycles. The topological polar surface area (TPSA) is 92.8 Å². The van der Waals surface area contributed by atoms with Crippen molar-refractivity contribution >= 4 is 29.4 Å². The van der Waals surface area contributed by atoms with Crippen molar-refractivity contribution in [1.29, 1.82) is 0 Å². The summed E-state index contributed by atoms with van der Waals surface area (Å²) in [6, 6.07) is 6.19. The lowest BCUT2D eigenvalue weighted by Gasteiger charge is -2.23. The van der Waals surface area contributed by atoms with Crippen LogP contribution >= 0.6 is 0 Å². The van der Waals surface area contributed by atoms with Gasteiger partial charge in [-0.2, -0.15) is 0 Å². The van der Waals surface area contributed by atoms with Crippen LogP contribution in [0.4, 0.5) is 5.69 Å². The smallest absolute Gasteiger partial charge is 0.329 e. The summed E-state index contributed by atoms with van der Waals surface area (Å²) >= 11 is 0. The molecule has 1 aromatic carbocycles. The quantitative estimate of drug-likeness (QED) is 0.620. The monoisotopic (exact) mass is 386 g/mol. The number of carbonyl (C=O) groups is 4. The van der Waals surface area contributed by atoms with Crippen LogP contribution in [0.25, 0.3) is 0 Å². The van der Waals surface area contributed by atoms with Crippen molar-refractivity contribution in [2.45, 2.75) is 58.6 Å². The van der Waals surface area contributed by atoms with Gasteiger partial charge in [0, 0.05) is 5.69 Å². The second kappa shape index (κ2) is 8.12. The molecule has 0 radical (unpaired) electrons. The van der Waals surface area contributed by atoms with Crippen molar-refractivity contribution in [3.63, 3.8) is 0 Å². The van der Waals surface area contributed by atoms with E-state index in [2.05, 4.69) is 5.32 Å². The van der Waals surface area contributed by atoms with Crippen LogP contribution in [0, 0.1) is 18.8 Å². The van der Waals surface area contributed by atoms with Crippen molar-refractivity contribution in [3.05, 3.63) is 29.8 Å². The molecule has 1 aliphatic heterocycles. The number of nitrogens with one attached hydrogen (secondary N) is 1. The van der Waals surface area contributed by atoms with E-state index in [0.29, 0.717) is 18.5 Å². The molecule has 1 aliphatic carbocycles. The number of esters is 1. The second-order valence-electron chi connectivity index (χ2n) is 7.65. The first-order valence-corrected chi connectivity index (χ1v) is 9.74. The van der Waals surface area contributed by atoms with E-state index < -0.39 is 24.0 Å². The van der Waals surface area contributed by atoms with Gasteiger partial charge in [0.05, 0.1) is 11.8 Å². The zero-order valence-corrected chi connectivity index (χ0v) is 16.4. The summed E-state index contributed by atoms with van der Waals surface area (Å²) < 4.78 is 5.24. The normalized spacial score (nSPS) is 23.8. The molecule has 1 aromatic rings. The molecule has 7 heteroatoms. The number of imide groups is 1. The van der Waals surface area contributed by atoms with Crippen LogP contribution in [0.1, 0.15) is 45.1 Å². The number of nitrogens with zero attached hydrogens (tertiary/aromatic N) is 1. The molecule has 28 heavy (non-hydrogen) atoms. The zero-order chi connectivity index (χ0) is 20.4. The first-order chi connectivity index (χ1) is 13.3. The summed E-state index contributed by atoms with van der Waals surface area (Å²) in [4.78, 5) is 51.0. The summed E-state index contributed by atoms with van der Waals surface area (Å²) in [6.45, 7) is 4.87. The Bertz CT molecular complexity index is 764. The third-order valence-corrected chi connectivity index (χ3v) is 5.58. The number of fused-ring (bicyclic) bond motifs is 1. The summed E-state index contributed by atoms with van der Waals surface area (Å²) in [5.41, 5.74) is 1.66. The minimum Gasteiger partial charge on any atom is -0.451 e. The molecule has 1 heterocycles. The number of carbonyl (C=O) groups excluding carboxylic acids is 4. The minimum absolute atomic E-state index is 0.295. The number of anilines is 1. The average Bonchev–Trinajstić information content (AvgIpc) is 2.93. The Morgan fingerprint density at radius 3 is 2.11 bits per heavy atom. The van der Waals surface area contributed by atoms with Crippen molar-refractivity contribution in [3.8, 4) is 0 Å². The highest BCUT2D eigenvalue weighted by Gasteiger charge is 2.51. The minimum atomic E-state index is -1.05. The third kappa shape index (κ3) is 3.93. The molecule has 0 spiro atoms. The molecule has 3 rings (SSSR count). The summed E-state index contributed by atoms with van der Waals surface area (Å²) in [7, 11) is 0. The van der Waals surface area contributed by atoms with E-state index in [1.807, 2.05) is 19.1 Å². The van der Waals surface area contributed by atoms with E-state index in [-0.39, 0.29) is 23.7 Å². The summed E-state index contributed by atoms with van der Waals surface area (Å²) in [5, 5.41) is 2.68. The highest BCUT2D eigenvalue weighted by atomic mass is 16.5. The van der Waals surface area contributed by atoms with E-state index in [1.54, 1.807) is 12.1 Å². The lowest BCUT2D eigenvalue weighted by molar-refractivity contribution is -0.163. The molecule has 150 valence electrons. The van der Waals surface area contributed by atoms with Gasteiger partial charge < -0.3 is 10.1 Å². The molecule has 7 nitrogen and oxygen atoms in total. The fourth-order valence-corrected chi connectivity index (χ4v) is 3.88. The standard InChI is InChI=1S/C21H26N2O5/c1-12-8-10-15(11-9-12)22-18(24)14(3)28-21(27)13(2)23-19(25)16-6-4-5-7-17(16)20(23)26/h8-11,13-14,16-17H,4-7H2,1-3H3,(H,22,24)/t13-,14+,16-,17+/m0/s1. The van der Waals surface area contributed by atoms with Crippen LogP contribution < -0.4 is 5.32 Å². The Morgan fingerprint density at radius 1 is 1.04 bits per heavy atom. The van der Waals surface area contributed by atoms with Crippen LogP contribution in [0.15, 0.2) is 24.3 Å². The van der Waals surface area contributed by atoms with Gasteiger partial charge in [0.15, 0.2) is 6.10 Å². The maximum absolute atomic E-state index is 12.6. The van der Waals surface area contributed by atoms with E-state index in [4.69, 9.17) is 4.74 Å². The van der Waals surface area contributed by atoms with Crippen LogP contribution in [-0.4, -0.2) is 40.7 Å². The molecule has 1 saturated carbocycles. The number of amides is 3. The first-order valence-electron chi connectivity index (χ1n) is 9.74. The maximum Gasteiger partial charge on any atom is 0.329 e. The zero-order valence-electron chi connectivity index (χ0n) is 16.4. The van der Waals surface area contributed by atoms with Gasteiger partial charge in [0.25, 0.3) is 5.91 Å².